The van der Waals surface area contributed by atoms with Crippen molar-refractivity contribution in [1.29, 1.82) is 0 Å². The van der Waals surface area contributed by atoms with E-state index in [0.29, 0.717) is 11.3 Å². The molecular weight excluding hydrogens is 374 g/mol. The molecule has 0 saturated carbocycles. The topological polar surface area (TPSA) is 90.9 Å². The van der Waals surface area contributed by atoms with Crippen molar-refractivity contribution < 1.29 is 28.6 Å². The summed E-state index contributed by atoms with van der Waals surface area (Å²) in [6, 6.07) is 14.2. The average Bonchev–Trinajstić information content (AvgIpc) is 2.69. The molecule has 0 fully saturated rings. The van der Waals surface area contributed by atoms with E-state index in [9.17, 15) is 14.4 Å². The summed E-state index contributed by atoms with van der Waals surface area (Å²) in [7, 11) is 1.19. The van der Waals surface area contributed by atoms with Crippen molar-refractivity contribution in [3.05, 3.63) is 65.7 Å². The van der Waals surface area contributed by atoms with Gasteiger partial charge in [0.05, 0.1) is 12.7 Å². The summed E-state index contributed by atoms with van der Waals surface area (Å²) >= 11 is 0. The van der Waals surface area contributed by atoms with Gasteiger partial charge in [-0.1, -0.05) is 30.3 Å². The Morgan fingerprint density at radius 1 is 0.931 bits per heavy atom. The Morgan fingerprint density at radius 3 is 2.10 bits per heavy atom. The summed E-state index contributed by atoms with van der Waals surface area (Å²) in [5.41, 5.74) is 0.930. The number of carbonyl (C=O) groups is 3. The monoisotopic (exact) mass is 399 g/mol. The molecule has 2 aromatic rings. The van der Waals surface area contributed by atoms with E-state index in [2.05, 4.69) is 10.1 Å². The first-order valence-corrected chi connectivity index (χ1v) is 9.08. The predicted octanol–water partition coefficient (Wildman–Crippen LogP) is 3.34. The van der Waals surface area contributed by atoms with Crippen LogP contribution >= 0.6 is 0 Å². The summed E-state index contributed by atoms with van der Waals surface area (Å²) in [5, 5.41) is 2.77. The largest absolute Gasteiger partial charge is 0.467 e. The fourth-order valence-electron chi connectivity index (χ4n) is 2.37. The third kappa shape index (κ3) is 6.95. The molecule has 0 spiro atoms. The van der Waals surface area contributed by atoms with E-state index in [1.165, 1.54) is 7.11 Å². The van der Waals surface area contributed by atoms with Gasteiger partial charge in [-0.3, -0.25) is 0 Å². The standard InChI is InChI=1S/C22H25NO6/c1-22(2,3)29-21(26)18(20(25)27-4)23-17-12-10-16(11-13-17)19(24)28-14-15-8-6-5-7-9-15/h5-13,18,23H,14H2,1-4H3/t18-/m1/s1. The van der Waals surface area contributed by atoms with Crippen LogP contribution in [0.4, 0.5) is 5.69 Å². The van der Waals surface area contributed by atoms with Crippen LogP contribution in [0.15, 0.2) is 54.6 Å². The van der Waals surface area contributed by atoms with Crippen molar-refractivity contribution in [1.82, 2.24) is 0 Å². The van der Waals surface area contributed by atoms with Crippen molar-refractivity contribution >= 4 is 23.6 Å². The second kappa shape index (κ2) is 9.73. The molecule has 1 atom stereocenters. The van der Waals surface area contributed by atoms with Gasteiger partial charge in [0.15, 0.2) is 0 Å². The third-order valence-electron chi connectivity index (χ3n) is 3.72. The molecule has 0 aromatic heterocycles. The van der Waals surface area contributed by atoms with Crippen LogP contribution in [0.1, 0.15) is 36.7 Å². The third-order valence-corrected chi connectivity index (χ3v) is 3.72. The molecule has 2 aromatic carbocycles. The Bertz CT molecular complexity index is 840. The minimum atomic E-state index is -1.32. The molecule has 7 heteroatoms. The Labute approximate surface area is 170 Å². The van der Waals surface area contributed by atoms with Gasteiger partial charge in [0.1, 0.15) is 12.2 Å². The van der Waals surface area contributed by atoms with Gasteiger partial charge in [-0.05, 0) is 50.6 Å². The van der Waals surface area contributed by atoms with Gasteiger partial charge in [0.25, 0.3) is 0 Å². The highest BCUT2D eigenvalue weighted by Crippen LogP contribution is 2.16. The summed E-state index contributed by atoms with van der Waals surface area (Å²) in [6.07, 6.45) is 0. The van der Waals surface area contributed by atoms with Crippen LogP contribution in [0.25, 0.3) is 0 Å². The highest BCUT2D eigenvalue weighted by Gasteiger charge is 2.32. The van der Waals surface area contributed by atoms with Crippen molar-refractivity contribution in [3.63, 3.8) is 0 Å². The highest BCUT2D eigenvalue weighted by molar-refractivity contribution is 6.02. The lowest BCUT2D eigenvalue weighted by molar-refractivity contribution is -0.162. The number of methoxy groups -OCH3 is 1. The first kappa shape index (κ1) is 21.9. The fraction of sp³-hybridized carbons (Fsp3) is 0.318. The predicted molar refractivity (Wildman–Crippen MR) is 107 cm³/mol. The smallest absolute Gasteiger partial charge is 0.340 e. The van der Waals surface area contributed by atoms with E-state index >= 15 is 0 Å². The van der Waals surface area contributed by atoms with Crippen molar-refractivity contribution in [2.24, 2.45) is 0 Å². The molecule has 29 heavy (non-hydrogen) atoms. The molecule has 0 unspecified atom stereocenters. The minimum absolute atomic E-state index is 0.169. The molecular formula is C22H25NO6. The molecule has 0 heterocycles. The number of hydrogen-bond acceptors (Lipinski definition) is 7. The molecule has 154 valence electrons. The number of hydrogen-bond donors (Lipinski definition) is 1. The number of anilines is 1. The van der Waals surface area contributed by atoms with Crippen molar-refractivity contribution in [3.8, 4) is 0 Å². The maximum absolute atomic E-state index is 12.3. The van der Waals surface area contributed by atoms with Crippen LogP contribution in [-0.2, 0) is 30.4 Å². The summed E-state index contributed by atoms with van der Waals surface area (Å²) in [4.78, 5) is 36.5. The Hall–Kier alpha value is -3.35. The number of esters is 3. The fourth-order valence-corrected chi connectivity index (χ4v) is 2.37. The van der Waals surface area contributed by atoms with Gasteiger partial charge in [-0.2, -0.15) is 0 Å². The van der Waals surface area contributed by atoms with E-state index in [4.69, 9.17) is 9.47 Å². The quantitative estimate of drug-likeness (QED) is 0.434. The lowest BCUT2D eigenvalue weighted by Gasteiger charge is -2.23. The highest BCUT2D eigenvalue weighted by atomic mass is 16.6. The summed E-state index contributed by atoms with van der Waals surface area (Å²) in [5.74, 6) is -2.00. The number of ether oxygens (including phenoxy) is 3. The average molecular weight is 399 g/mol. The molecule has 0 aliphatic heterocycles. The van der Waals surface area contributed by atoms with Crippen LogP contribution in [0.5, 0.6) is 0 Å². The van der Waals surface area contributed by atoms with E-state index in [1.807, 2.05) is 30.3 Å². The van der Waals surface area contributed by atoms with E-state index in [0.717, 1.165) is 5.56 Å². The number of rotatable bonds is 7. The molecule has 7 nitrogen and oxygen atoms in total. The minimum Gasteiger partial charge on any atom is -0.467 e. The van der Waals surface area contributed by atoms with Gasteiger partial charge < -0.3 is 19.5 Å². The van der Waals surface area contributed by atoms with E-state index < -0.39 is 29.6 Å². The van der Waals surface area contributed by atoms with Crippen molar-refractivity contribution in [2.75, 3.05) is 12.4 Å². The van der Waals surface area contributed by atoms with Crippen LogP contribution in [0, 0.1) is 0 Å². The van der Waals surface area contributed by atoms with Gasteiger partial charge in [-0.25, -0.2) is 14.4 Å². The molecule has 0 amide bonds. The van der Waals surface area contributed by atoms with E-state index in [-0.39, 0.29) is 6.61 Å². The summed E-state index contributed by atoms with van der Waals surface area (Å²) < 4.78 is 15.2. The Balaban J connectivity index is 2.02. The van der Waals surface area contributed by atoms with Crippen LogP contribution in [0.3, 0.4) is 0 Å². The van der Waals surface area contributed by atoms with E-state index in [1.54, 1.807) is 45.0 Å². The molecule has 0 aliphatic carbocycles. The Morgan fingerprint density at radius 2 is 1.55 bits per heavy atom. The van der Waals surface area contributed by atoms with Gasteiger partial charge in [0, 0.05) is 5.69 Å². The lowest BCUT2D eigenvalue weighted by Crippen LogP contribution is -2.42. The molecule has 0 radical (unpaired) electrons. The second-order valence-corrected chi connectivity index (χ2v) is 7.27. The number of benzene rings is 2. The maximum atomic E-state index is 12.3. The molecule has 0 saturated heterocycles. The zero-order chi connectivity index (χ0) is 21.4. The van der Waals surface area contributed by atoms with Crippen molar-refractivity contribution in [2.45, 2.75) is 39.0 Å². The first-order valence-electron chi connectivity index (χ1n) is 9.08. The van der Waals surface area contributed by atoms with Crippen LogP contribution in [-0.4, -0.2) is 36.7 Å². The zero-order valence-corrected chi connectivity index (χ0v) is 16.9. The summed E-state index contributed by atoms with van der Waals surface area (Å²) in [6.45, 7) is 5.28. The second-order valence-electron chi connectivity index (χ2n) is 7.27. The molecule has 1 N–H and O–H groups in total. The molecule has 2 rings (SSSR count). The van der Waals surface area contributed by atoms with Crippen LogP contribution < -0.4 is 5.32 Å². The zero-order valence-electron chi connectivity index (χ0n) is 16.9. The number of nitrogens with one attached hydrogen (secondary N) is 1. The number of carbonyl (C=O) groups excluding carboxylic acids is 3. The maximum Gasteiger partial charge on any atom is 0.340 e. The van der Waals surface area contributed by atoms with Crippen LogP contribution in [0.2, 0.25) is 0 Å². The molecule has 0 bridgehead atoms. The molecule has 0 aliphatic rings. The SMILES string of the molecule is COC(=O)[C@@H](Nc1ccc(C(=O)OCc2ccccc2)cc1)C(=O)OC(C)(C)C. The Kier molecular flexibility index (Phi) is 7.36. The van der Waals surface area contributed by atoms with Gasteiger partial charge >= 0.3 is 17.9 Å². The lowest BCUT2D eigenvalue weighted by atomic mass is 10.1. The first-order chi connectivity index (χ1) is 13.7. The van der Waals surface area contributed by atoms with Gasteiger partial charge in [0.2, 0.25) is 6.04 Å². The van der Waals surface area contributed by atoms with Gasteiger partial charge in [-0.15, -0.1) is 0 Å². The normalized spacial score (nSPS) is 11.9.